The number of nitrogens with zero attached hydrogens (tertiary/aromatic N) is 1. The van der Waals surface area contributed by atoms with Crippen molar-refractivity contribution in [3.8, 4) is 0 Å². The first-order valence-electron chi connectivity index (χ1n) is 8.52. The molecule has 0 bridgehead atoms. The second-order valence-corrected chi connectivity index (χ2v) is 6.75. The van der Waals surface area contributed by atoms with E-state index in [0.717, 1.165) is 51.3 Å². The molecule has 1 aliphatic carbocycles. The molecule has 0 N–H and O–H groups in total. The van der Waals surface area contributed by atoms with Crippen LogP contribution in [0.4, 0.5) is 0 Å². The molecule has 0 aromatic carbocycles. The number of rotatable bonds is 5. The molecule has 2 fully saturated rings. The number of Topliss-reactive ketones (excluding diaryl/α,β-unsaturated/α-hetero) is 1. The molecule has 0 amide bonds. The van der Waals surface area contributed by atoms with E-state index in [0.29, 0.717) is 17.9 Å². The molecule has 116 valence electrons. The molecule has 4 unspecified atom stereocenters. The number of morpholine rings is 1. The third kappa shape index (κ3) is 4.05. The maximum absolute atomic E-state index is 12.2. The summed E-state index contributed by atoms with van der Waals surface area (Å²) in [5.41, 5.74) is 0. The van der Waals surface area contributed by atoms with Gasteiger partial charge in [-0.05, 0) is 32.1 Å². The highest BCUT2D eigenvalue weighted by Gasteiger charge is 2.33. The monoisotopic (exact) mass is 281 g/mol. The Kier molecular flexibility index (Phi) is 6.03. The third-order valence-electron chi connectivity index (χ3n) is 5.08. The van der Waals surface area contributed by atoms with Gasteiger partial charge in [0.1, 0.15) is 5.78 Å². The minimum absolute atomic E-state index is 0.277. The quantitative estimate of drug-likeness (QED) is 0.774. The Labute approximate surface area is 124 Å². The molecule has 1 aliphatic heterocycles. The highest BCUT2D eigenvalue weighted by Crippen LogP contribution is 2.31. The van der Waals surface area contributed by atoms with Gasteiger partial charge in [0.2, 0.25) is 0 Å². The molecular formula is C17H31NO2. The summed E-state index contributed by atoms with van der Waals surface area (Å²) < 4.78 is 5.76. The van der Waals surface area contributed by atoms with E-state index in [1.54, 1.807) is 0 Å². The summed E-state index contributed by atoms with van der Waals surface area (Å²) >= 11 is 0. The SMILES string of the molecule is CCCC1CCC(=O)C(CN2CC(C)OCC2CC)C1. The van der Waals surface area contributed by atoms with Gasteiger partial charge in [-0.15, -0.1) is 0 Å². The number of carbonyl (C=O) groups is 1. The van der Waals surface area contributed by atoms with Crippen LogP contribution in [-0.4, -0.2) is 42.5 Å². The summed E-state index contributed by atoms with van der Waals surface area (Å²) in [5.74, 6) is 1.56. The number of hydrogen-bond donors (Lipinski definition) is 0. The third-order valence-corrected chi connectivity index (χ3v) is 5.08. The van der Waals surface area contributed by atoms with Crippen molar-refractivity contribution in [1.29, 1.82) is 0 Å². The van der Waals surface area contributed by atoms with Crippen LogP contribution in [0.15, 0.2) is 0 Å². The lowest BCUT2D eigenvalue weighted by Gasteiger charge is -2.41. The zero-order valence-corrected chi connectivity index (χ0v) is 13.4. The van der Waals surface area contributed by atoms with Gasteiger partial charge in [-0.2, -0.15) is 0 Å². The fourth-order valence-corrected chi connectivity index (χ4v) is 3.84. The van der Waals surface area contributed by atoms with Gasteiger partial charge in [0.25, 0.3) is 0 Å². The second-order valence-electron chi connectivity index (χ2n) is 6.75. The number of ether oxygens (including phenoxy) is 1. The van der Waals surface area contributed by atoms with Gasteiger partial charge in [-0.3, -0.25) is 9.69 Å². The fraction of sp³-hybridized carbons (Fsp3) is 0.941. The molecule has 3 nitrogen and oxygen atoms in total. The van der Waals surface area contributed by atoms with Crippen LogP contribution in [0.5, 0.6) is 0 Å². The Bertz CT molecular complexity index is 318. The Hall–Kier alpha value is -0.410. The molecule has 2 aliphatic rings. The smallest absolute Gasteiger partial charge is 0.137 e. The van der Waals surface area contributed by atoms with Gasteiger partial charge >= 0.3 is 0 Å². The minimum atomic E-state index is 0.277. The molecule has 4 atom stereocenters. The van der Waals surface area contributed by atoms with Gasteiger partial charge in [-0.25, -0.2) is 0 Å². The number of ketones is 1. The zero-order valence-electron chi connectivity index (χ0n) is 13.4. The van der Waals surface area contributed by atoms with E-state index < -0.39 is 0 Å². The summed E-state index contributed by atoms with van der Waals surface area (Å²) in [6, 6.07) is 0.505. The highest BCUT2D eigenvalue weighted by atomic mass is 16.5. The van der Waals surface area contributed by atoms with Gasteiger partial charge < -0.3 is 4.74 Å². The van der Waals surface area contributed by atoms with Crippen LogP contribution in [0, 0.1) is 11.8 Å². The lowest BCUT2D eigenvalue weighted by atomic mass is 9.78. The first kappa shape index (κ1) is 16.0. The largest absolute Gasteiger partial charge is 0.376 e. The normalized spacial score (nSPS) is 36.2. The molecule has 0 aromatic rings. The van der Waals surface area contributed by atoms with E-state index in [1.807, 2.05) is 0 Å². The lowest BCUT2D eigenvalue weighted by molar-refractivity contribution is -0.128. The minimum Gasteiger partial charge on any atom is -0.376 e. The average molecular weight is 281 g/mol. The van der Waals surface area contributed by atoms with Crippen LogP contribution < -0.4 is 0 Å². The van der Waals surface area contributed by atoms with E-state index in [-0.39, 0.29) is 5.92 Å². The maximum Gasteiger partial charge on any atom is 0.137 e. The Morgan fingerprint density at radius 1 is 1.35 bits per heavy atom. The molecule has 2 rings (SSSR count). The van der Waals surface area contributed by atoms with E-state index in [2.05, 4.69) is 25.7 Å². The van der Waals surface area contributed by atoms with Crippen LogP contribution in [0.3, 0.4) is 0 Å². The molecule has 1 heterocycles. The van der Waals surface area contributed by atoms with Gasteiger partial charge in [0, 0.05) is 31.5 Å². The Morgan fingerprint density at radius 3 is 2.85 bits per heavy atom. The fourth-order valence-electron chi connectivity index (χ4n) is 3.84. The van der Waals surface area contributed by atoms with E-state index in [1.165, 1.54) is 12.8 Å². The summed E-state index contributed by atoms with van der Waals surface area (Å²) in [6.45, 7) is 9.40. The summed E-state index contributed by atoms with van der Waals surface area (Å²) in [5, 5.41) is 0. The maximum atomic E-state index is 12.2. The number of hydrogen-bond acceptors (Lipinski definition) is 3. The molecule has 0 spiro atoms. The Balaban J connectivity index is 1.93. The van der Waals surface area contributed by atoms with Crippen LogP contribution in [-0.2, 0) is 9.53 Å². The van der Waals surface area contributed by atoms with Crippen molar-refractivity contribution in [2.45, 2.75) is 71.4 Å². The van der Waals surface area contributed by atoms with Crippen molar-refractivity contribution in [1.82, 2.24) is 4.90 Å². The van der Waals surface area contributed by atoms with Crippen molar-refractivity contribution in [3.05, 3.63) is 0 Å². The van der Waals surface area contributed by atoms with E-state index in [9.17, 15) is 4.79 Å². The first-order chi connectivity index (χ1) is 9.63. The van der Waals surface area contributed by atoms with Crippen molar-refractivity contribution in [2.75, 3.05) is 19.7 Å². The second kappa shape index (κ2) is 7.56. The van der Waals surface area contributed by atoms with Crippen LogP contribution in [0.2, 0.25) is 0 Å². The standard InChI is InChI=1S/C17H31NO2/c1-4-6-14-7-8-17(19)15(9-14)11-18-10-13(3)20-12-16(18)5-2/h13-16H,4-12H2,1-3H3. The summed E-state index contributed by atoms with van der Waals surface area (Å²) in [7, 11) is 0. The van der Waals surface area contributed by atoms with Crippen LogP contribution in [0.25, 0.3) is 0 Å². The van der Waals surface area contributed by atoms with E-state index >= 15 is 0 Å². The average Bonchev–Trinajstić information content (AvgIpc) is 2.43. The molecule has 0 radical (unpaired) electrons. The molecule has 0 aromatic heterocycles. The molecule has 3 heteroatoms. The van der Waals surface area contributed by atoms with Gasteiger partial charge in [0.15, 0.2) is 0 Å². The highest BCUT2D eigenvalue weighted by molar-refractivity contribution is 5.82. The van der Waals surface area contributed by atoms with Crippen molar-refractivity contribution in [2.24, 2.45) is 11.8 Å². The number of carbonyl (C=O) groups excluding carboxylic acids is 1. The van der Waals surface area contributed by atoms with Crippen LogP contribution in [0.1, 0.15) is 59.3 Å². The molecule has 1 saturated carbocycles. The predicted octanol–water partition coefficient (Wildman–Crippen LogP) is 3.27. The van der Waals surface area contributed by atoms with Crippen molar-refractivity contribution < 1.29 is 9.53 Å². The molecular weight excluding hydrogens is 250 g/mol. The van der Waals surface area contributed by atoms with Crippen molar-refractivity contribution in [3.63, 3.8) is 0 Å². The zero-order chi connectivity index (χ0) is 14.5. The molecule has 1 saturated heterocycles. The van der Waals surface area contributed by atoms with Crippen LogP contribution >= 0.6 is 0 Å². The first-order valence-corrected chi connectivity index (χ1v) is 8.52. The predicted molar refractivity (Wildman–Crippen MR) is 81.8 cm³/mol. The summed E-state index contributed by atoms with van der Waals surface area (Å²) in [6.07, 6.45) is 7.02. The van der Waals surface area contributed by atoms with Crippen molar-refractivity contribution >= 4 is 5.78 Å². The molecule has 20 heavy (non-hydrogen) atoms. The lowest BCUT2D eigenvalue weighted by Crippen LogP contribution is -2.51. The van der Waals surface area contributed by atoms with Gasteiger partial charge in [-0.1, -0.05) is 26.7 Å². The topological polar surface area (TPSA) is 29.5 Å². The van der Waals surface area contributed by atoms with E-state index in [4.69, 9.17) is 4.74 Å². The summed E-state index contributed by atoms with van der Waals surface area (Å²) in [4.78, 5) is 14.8. The van der Waals surface area contributed by atoms with Gasteiger partial charge in [0.05, 0.1) is 12.7 Å². The Morgan fingerprint density at radius 2 is 2.15 bits per heavy atom.